The summed E-state index contributed by atoms with van der Waals surface area (Å²) in [6.07, 6.45) is 6.63. The van der Waals surface area contributed by atoms with E-state index < -0.39 is 6.10 Å². The van der Waals surface area contributed by atoms with Gasteiger partial charge in [-0.15, -0.1) is 0 Å². The molecule has 1 aliphatic carbocycles. The molecule has 3 N–H and O–H groups in total. The summed E-state index contributed by atoms with van der Waals surface area (Å²) in [5.74, 6) is 0.999. The monoisotopic (exact) mass is 471 g/mol. The summed E-state index contributed by atoms with van der Waals surface area (Å²) >= 11 is 0. The van der Waals surface area contributed by atoms with Crippen LogP contribution in [-0.2, 0) is 0 Å². The van der Waals surface area contributed by atoms with Gasteiger partial charge in [-0.1, -0.05) is 80.8 Å². The summed E-state index contributed by atoms with van der Waals surface area (Å²) < 4.78 is 5.90. The van der Waals surface area contributed by atoms with Crippen LogP contribution in [0, 0.1) is 0 Å². The fourth-order valence-electron chi connectivity index (χ4n) is 4.89. The van der Waals surface area contributed by atoms with Crippen molar-refractivity contribution >= 4 is 11.1 Å². The highest BCUT2D eigenvalue weighted by Gasteiger charge is 2.16. The van der Waals surface area contributed by atoms with Crippen molar-refractivity contribution < 1.29 is 14.9 Å². The Balaban J connectivity index is 1.49. The molecule has 0 spiro atoms. The highest BCUT2D eigenvalue weighted by Crippen LogP contribution is 2.35. The molecular formula is C31H37NO3. The van der Waals surface area contributed by atoms with E-state index in [2.05, 4.69) is 48.6 Å². The number of aliphatic hydroxyl groups excluding tert-OH is 1. The minimum Gasteiger partial charge on any atom is -0.508 e. The zero-order chi connectivity index (χ0) is 24.5. The number of phenolic OH excluding ortho intramolecular Hbond substituents is 1. The van der Waals surface area contributed by atoms with Crippen molar-refractivity contribution in [3.63, 3.8) is 0 Å². The van der Waals surface area contributed by atoms with Gasteiger partial charge in [-0.3, -0.25) is 0 Å². The molecular weight excluding hydrogens is 434 g/mol. The molecule has 184 valence electrons. The van der Waals surface area contributed by atoms with Crippen molar-refractivity contribution in [2.45, 2.75) is 57.6 Å². The van der Waals surface area contributed by atoms with Gasteiger partial charge in [-0.05, 0) is 71.4 Å². The third-order valence-corrected chi connectivity index (χ3v) is 6.77. The fraction of sp³-hybridized carbons (Fsp3) is 0.355. The molecule has 1 atom stereocenters. The number of allylic oxidation sites excluding steroid dienone is 1. The molecule has 4 nitrogen and oxygen atoms in total. The lowest BCUT2D eigenvalue weighted by Gasteiger charge is -2.24. The van der Waals surface area contributed by atoms with Crippen LogP contribution in [0.5, 0.6) is 11.5 Å². The summed E-state index contributed by atoms with van der Waals surface area (Å²) in [4.78, 5) is 0. The number of hydrogen-bond donors (Lipinski definition) is 3. The van der Waals surface area contributed by atoms with E-state index in [1.54, 1.807) is 12.1 Å². The van der Waals surface area contributed by atoms with Gasteiger partial charge < -0.3 is 20.3 Å². The van der Waals surface area contributed by atoms with Gasteiger partial charge in [0.15, 0.2) is 0 Å². The molecule has 4 rings (SSSR count). The fourth-order valence-corrected chi connectivity index (χ4v) is 4.89. The van der Waals surface area contributed by atoms with Crippen LogP contribution < -0.4 is 10.1 Å². The van der Waals surface area contributed by atoms with Crippen molar-refractivity contribution in [1.29, 1.82) is 0 Å². The lowest BCUT2D eigenvalue weighted by atomic mass is 9.88. The molecule has 1 saturated carbocycles. The second-order valence-electron chi connectivity index (χ2n) is 9.35. The number of phenols is 1. The van der Waals surface area contributed by atoms with E-state index in [9.17, 15) is 10.2 Å². The largest absolute Gasteiger partial charge is 0.508 e. The molecule has 0 radical (unpaired) electrons. The zero-order valence-corrected chi connectivity index (χ0v) is 20.6. The van der Waals surface area contributed by atoms with Crippen LogP contribution >= 0.6 is 0 Å². The first-order valence-electron chi connectivity index (χ1n) is 12.9. The first kappa shape index (κ1) is 25.0. The SMILES string of the molecule is CC/C(=C(/c1ccc(O)cc1)c1ccc(OCC(O)CNC2CCCCC2)cc1)c1ccccc1. The van der Waals surface area contributed by atoms with Gasteiger partial charge >= 0.3 is 0 Å². The van der Waals surface area contributed by atoms with Crippen molar-refractivity contribution in [3.05, 3.63) is 95.6 Å². The predicted molar refractivity (Wildman–Crippen MR) is 144 cm³/mol. The molecule has 0 aliphatic heterocycles. The number of hydrogen-bond acceptors (Lipinski definition) is 4. The van der Waals surface area contributed by atoms with E-state index in [1.807, 2.05) is 30.3 Å². The maximum atomic E-state index is 10.4. The lowest BCUT2D eigenvalue weighted by molar-refractivity contribution is 0.102. The van der Waals surface area contributed by atoms with Crippen molar-refractivity contribution in [1.82, 2.24) is 5.32 Å². The third kappa shape index (κ3) is 6.97. The van der Waals surface area contributed by atoms with Gasteiger partial charge in [0.2, 0.25) is 0 Å². The van der Waals surface area contributed by atoms with Crippen LogP contribution in [0.25, 0.3) is 11.1 Å². The van der Waals surface area contributed by atoms with Gasteiger partial charge in [0.05, 0.1) is 0 Å². The molecule has 1 fully saturated rings. The molecule has 4 heteroatoms. The van der Waals surface area contributed by atoms with Crippen LogP contribution in [0.4, 0.5) is 0 Å². The van der Waals surface area contributed by atoms with Gasteiger partial charge in [-0.25, -0.2) is 0 Å². The molecule has 0 saturated heterocycles. The van der Waals surface area contributed by atoms with E-state index in [4.69, 9.17) is 4.74 Å². The number of aromatic hydroxyl groups is 1. The average Bonchev–Trinajstić information content (AvgIpc) is 2.91. The zero-order valence-electron chi connectivity index (χ0n) is 20.6. The first-order valence-corrected chi connectivity index (χ1v) is 12.9. The summed E-state index contributed by atoms with van der Waals surface area (Å²) in [5.41, 5.74) is 5.72. The number of nitrogens with one attached hydrogen (secondary N) is 1. The smallest absolute Gasteiger partial charge is 0.119 e. The Morgan fingerprint density at radius 3 is 2.11 bits per heavy atom. The van der Waals surface area contributed by atoms with Crippen LogP contribution in [0.15, 0.2) is 78.9 Å². The Morgan fingerprint density at radius 1 is 0.857 bits per heavy atom. The number of benzene rings is 3. The summed E-state index contributed by atoms with van der Waals surface area (Å²) in [5, 5.41) is 23.7. The first-order chi connectivity index (χ1) is 17.1. The average molecular weight is 472 g/mol. The summed E-state index contributed by atoms with van der Waals surface area (Å²) in [6.45, 7) is 3.00. The lowest BCUT2D eigenvalue weighted by Crippen LogP contribution is -2.38. The Bertz CT molecular complexity index is 1070. The van der Waals surface area contributed by atoms with Crippen LogP contribution in [0.1, 0.15) is 62.1 Å². The molecule has 0 amide bonds. The molecule has 1 unspecified atom stereocenters. The molecule has 0 heterocycles. The van der Waals surface area contributed by atoms with Crippen LogP contribution in [0.3, 0.4) is 0 Å². The van der Waals surface area contributed by atoms with Crippen LogP contribution in [-0.4, -0.2) is 35.5 Å². The van der Waals surface area contributed by atoms with Gasteiger partial charge in [0.25, 0.3) is 0 Å². The molecule has 3 aromatic rings. The second kappa shape index (κ2) is 12.6. The second-order valence-corrected chi connectivity index (χ2v) is 9.35. The highest BCUT2D eigenvalue weighted by molar-refractivity contribution is 5.98. The predicted octanol–water partition coefficient (Wildman–Crippen LogP) is 6.42. The van der Waals surface area contributed by atoms with E-state index in [1.165, 1.54) is 43.2 Å². The molecule has 3 aromatic carbocycles. The van der Waals surface area contributed by atoms with Crippen LogP contribution in [0.2, 0.25) is 0 Å². The van der Waals surface area contributed by atoms with Crippen molar-refractivity contribution in [3.8, 4) is 11.5 Å². The normalized spacial score (nSPS) is 15.9. The Labute approximate surface area is 209 Å². The molecule has 1 aliphatic rings. The highest BCUT2D eigenvalue weighted by atomic mass is 16.5. The topological polar surface area (TPSA) is 61.7 Å². The van der Waals surface area contributed by atoms with Gasteiger partial charge in [-0.2, -0.15) is 0 Å². The van der Waals surface area contributed by atoms with Crippen molar-refractivity contribution in [2.24, 2.45) is 0 Å². The minimum atomic E-state index is -0.533. The van der Waals surface area contributed by atoms with E-state index in [0.717, 1.165) is 28.9 Å². The van der Waals surface area contributed by atoms with Gasteiger partial charge in [0.1, 0.15) is 24.2 Å². The summed E-state index contributed by atoms with van der Waals surface area (Å²) in [6, 6.07) is 26.4. The number of aliphatic hydroxyl groups is 1. The molecule has 0 aromatic heterocycles. The number of rotatable bonds is 10. The standard InChI is InChI=1S/C31H37NO3/c1-2-30(23-9-5-3-6-10-23)31(24-13-17-27(33)18-14-24)25-15-19-29(20-16-25)35-22-28(34)21-32-26-11-7-4-8-12-26/h3,5-6,9-10,13-20,26,28,32-34H,2,4,7-8,11-12,21-22H2,1H3/b31-30+. The van der Waals surface area contributed by atoms with E-state index in [0.29, 0.717) is 12.6 Å². The Morgan fingerprint density at radius 2 is 1.49 bits per heavy atom. The quantitative estimate of drug-likeness (QED) is 0.299. The van der Waals surface area contributed by atoms with Gasteiger partial charge in [0, 0.05) is 12.6 Å². The minimum absolute atomic E-state index is 0.256. The summed E-state index contributed by atoms with van der Waals surface area (Å²) in [7, 11) is 0. The van der Waals surface area contributed by atoms with E-state index >= 15 is 0 Å². The van der Waals surface area contributed by atoms with E-state index in [-0.39, 0.29) is 12.4 Å². The Kier molecular flexibility index (Phi) is 8.99. The maximum absolute atomic E-state index is 10.4. The molecule has 35 heavy (non-hydrogen) atoms. The maximum Gasteiger partial charge on any atom is 0.119 e. The van der Waals surface area contributed by atoms with Crippen molar-refractivity contribution in [2.75, 3.05) is 13.2 Å². The number of ether oxygens (including phenoxy) is 1. The molecule has 0 bridgehead atoms. The third-order valence-electron chi connectivity index (χ3n) is 6.77. The Hall–Kier alpha value is -3.08.